The van der Waals surface area contributed by atoms with E-state index in [9.17, 15) is 19.7 Å². The second-order valence-electron chi connectivity index (χ2n) is 2.47. The van der Waals surface area contributed by atoms with E-state index in [1.807, 2.05) is 0 Å². The monoisotopic (exact) mass is 281 g/mol. The molecule has 0 aromatic heterocycles. The molecule has 0 aliphatic rings. The number of carboxylic acid groups (broad SMARTS) is 1. The number of hydrogen-bond acceptors (Lipinski definition) is 5. The molecule has 7 nitrogen and oxygen atoms in total. The van der Waals surface area contributed by atoms with Crippen molar-refractivity contribution in [1.82, 2.24) is 0 Å². The molecule has 84 valence electrons. The van der Waals surface area contributed by atoms with Crippen molar-refractivity contribution in [3.63, 3.8) is 0 Å². The summed E-state index contributed by atoms with van der Waals surface area (Å²) < 4.78 is 4.55. The highest BCUT2D eigenvalue weighted by atomic mass is 79.9. The number of carbonyl (C=O) groups is 2. The Labute approximate surface area is 93.0 Å². The molecule has 0 aliphatic heterocycles. The van der Waals surface area contributed by atoms with E-state index in [0.717, 1.165) is 0 Å². The molecule has 8 heteroatoms. The fourth-order valence-corrected chi connectivity index (χ4v) is 0.697. The molecule has 0 spiro atoms. The van der Waals surface area contributed by atoms with Crippen LogP contribution in [0.5, 0.6) is 0 Å². The summed E-state index contributed by atoms with van der Waals surface area (Å²) in [6.45, 7) is 1.31. The Morgan fingerprint density at radius 1 is 1.53 bits per heavy atom. The van der Waals surface area contributed by atoms with Crippen LogP contribution < -0.4 is 0 Å². The first kappa shape index (κ1) is 13.6. The number of ether oxygens (including phenoxy) is 1. The molecule has 0 heterocycles. The second kappa shape index (κ2) is 6.12. The minimum absolute atomic E-state index is 0.588. The van der Waals surface area contributed by atoms with Gasteiger partial charge in [-0.25, -0.2) is 9.59 Å². The Morgan fingerprint density at radius 2 is 2.07 bits per heavy atom. The number of nitro groups is 1. The number of rotatable bonds is 5. The summed E-state index contributed by atoms with van der Waals surface area (Å²) in [6.07, 6.45) is 0.272. The summed E-state index contributed by atoms with van der Waals surface area (Å²) in [5.41, 5.74) is 0. The molecule has 0 saturated heterocycles. The normalized spacial score (nSPS) is 14.5. The molecular formula is C7H8BrNO6. The molecule has 0 radical (unpaired) electrons. The number of carbonyl (C=O) groups excluding carboxylic acids is 1. The van der Waals surface area contributed by atoms with Crippen LogP contribution in [0.4, 0.5) is 0 Å². The highest BCUT2D eigenvalue weighted by molar-refractivity contribution is 9.09. The third kappa shape index (κ3) is 5.78. The van der Waals surface area contributed by atoms with Crippen molar-refractivity contribution in [2.45, 2.75) is 18.0 Å². The molecule has 0 fully saturated rings. The van der Waals surface area contributed by atoms with E-state index in [0.29, 0.717) is 12.2 Å². The van der Waals surface area contributed by atoms with Crippen LogP contribution in [0.1, 0.15) is 6.92 Å². The van der Waals surface area contributed by atoms with Crippen LogP contribution in [0.3, 0.4) is 0 Å². The molecule has 0 aliphatic carbocycles. The Kier molecular flexibility index (Phi) is 5.53. The average Bonchev–Trinajstić information content (AvgIpc) is 2.13. The van der Waals surface area contributed by atoms with Gasteiger partial charge >= 0.3 is 16.9 Å². The molecule has 1 N–H and O–H groups in total. The number of esters is 1. The van der Waals surface area contributed by atoms with E-state index in [4.69, 9.17) is 5.11 Å². The Hall–Kier alpha value is -1.44. The zero-order valence-corrected chi connectivity index (χ0v) is 9.21. The van der Waals surface area contributed by atoms with Gasteiger partial charge in [-0.2, -0.15) is 0 Å². The number of carboxylic acids is 1. The van der Waals surface area contributed by atoms with Gasteiger partial charge in [0.05, 0.1) is 0 Å². The lowest BCUT2D eigenvalue weighted by Gasteiger charge is -2.11. The lowest BCUT2D eigenvalue weighted by molar-refractivity contribution is -0.502. The molecule has 0 rings (SSSR count). The maximum Gasteiger partial charge on any atom is 0.331 e. The summed E-state index contributed by atoms with van der Waals surface area (Å²) in [6, 6.07) is 0. The minimum atomic E-state index is -1.30. The van der Waals surface area contributed by atoms with Crippen molar-refractivity contribution in [2.75, 3.05) is 0 Å². The molecule has 0 bridgehead atoms. The van der Waals surface area contributed by atoms with Crippen molar-refractivity contribution >= 4 is 27.9 Å². The Balaban J connectivity index is 4.18. The van der Waals surface area contributed by atoms with Gasteiger partial charge in [0.1, 0.15) is 0 Å². The topological polar surface area (TPSA) is 107 Å². The lowest BCUT2D eigenvalue weighted by Crippen LogP contribution is -2.29. The minimum Gasteiger partial charge on any atom is -0.478 e. The molecular weight excluding hydrogens is 274 g/mol. The number of nitrogens with zero attached hydrogens (tertiary/aromatic N) is 1. The standard InChI is InChI=1S/C7H8BrNO6/c1-4(7(8)9(13)14)15-6(12)3-2-5(10)11/h2-4,7H,1H3,(H,10,11)/b3-2-. The van der Waals surface area contributed by atoms with Crippen molar-refractivity contribution in [2.24, 2.45) is 0 Å². The number of hydrogen-bond donors (Lipinski definition) is 1. The maximum absolute atomic E-state index is 10.9. The second-order valence-corrected chi connectivity index (χ2v) is 3.41. The van der Waals surface area contributed by atoms with Gasteiger partial charge in [-0.15, -0.1) is 0 Å². The fraction of sp³-hybridized carbons (Fsp3) is 0.429. The summed E-state index contributed by atoms with van der Waals surface area (Å²) in [5.74, 6) is -2.25. The van der Waals surface area contributed by atoms with E-state index in [2.05, 4.69) is 20.7 Å². The van der Waals surface area contributed by atoms with Gasteiger partial charge < -0.3 is 9.84 Å². The molecule has 15 heavy (non-hydrogen) atoms. The SMILES string of the molecule is CC(OC(=O)/C=C\C(=O)O)C(Br)[N+](=O)[O-]. The van der Waals surface area contributed by atoms with Crippen LogP contribution in [0.15, 0.2) is 12.2 Å². The molecule has 2 unspecified atom stereocenters. The number of alkyl halides is 1. The first-order valence-corrected chi connectivity index (χ1v) is 4.65. The third-order valence-electron chi connectivity index (χ3n) is 1.25. The summed E-state index contributed by atoms with van der Waals surface area (Å²) in [4.78, 5) is 29.2. The fourth-order valence-electron chi connectivity index (χ4n) is 0.589. The van der Waals surface area contributed by atoms with E-state index in [1.54, 1.807) is 0 Å². The predicted molar refractivity (Wildman–Crippen MR) is 52.0 cm³/mol. The number of halogens is 1. The molecule has 2 atom stereocenters. The van der Waals surface area contributed by atoms with Gasteiger partial charge in [0.2, 0.25) is 0 Å². The van der Waals surface area contributed by atoms with Crippen LogP contribution in [0.2, 0.25) is 0 Å². The molecule has 0 aromatic carbocycles. The van der Waals surface area contributed by atoms with Crippen molar-refractivity contribution in [1.29, 1.82) is 0 Å². The smallest absolute Gasteiger partial charge is 0.331 e. The van der Waals surface area contributed by atoms with Crippen LogP contribution in [-0.2, 0) is 14.3 Å². The van der Waals surface area contributed by atoms with Crippen molar-refractivity contribution < 1.29 is 24.4 Å². The van der Waals surface area contributed by atoms with E-state index < -0.39 is 27.9 Å². The lowest BCUT2D eigenvalue weighted by atomic mass is 10.4. The zero-order chi connectivity index (χ0) is 12.0. The quantitative estimate of drug-likeness (QED) is 0.197. The Bertz CT molecular complexity index is 302. The van der Waals surface area contributed by atoms with Gasteiger partial charge in [-0.05, 0) is 6.92 Å². The van der Waals surface area contributed by atoms with Crippen LogP contribution >= 0.6 is 15.9 Å². The van der Waals surface area contributed by atoms with Gasteiger partial charge in [0.25, 0.3) is 0 Å². The molecule has 0 aromatic rings. The van der Waals surface area contributed by atoms with Crippen LogP contribution in [0, 0.1) is 10.1 Å². The van der Waals surface area contributed by atoms with Crippen LogP contribution in [-0.4, -0.2) is 33.0 Å². The highest BCUT2D eigenvalue weighted by Crippen LogP contribution is 2.10. The van der Waals surface area contributed by atoms with Gasteiger partial charge in [0.15, 0.2) is 6.10 Å². The third-order valence-corrected chi connectivity index (χ3v) is 2.33. The highest BCUT2D eigenvalue weighted by Gasteiger charge is 2.26. The van der Waals surface area contributed by atoms with E-state index in [1.165, 1.54) is 6.92 Å². The first-order valence-electron chi connectivity index (χ1n) is 3.73. The van der Waals surface area contributed by atoms with Crippen molar-refractivity contribution in [3.8, 4) is 0 Å². The molecule has 0 saturated carbocycles. The molecule has 0 amide bonds. The largest absolute Gasteiger partial charge is 0.478 e. The summed E-state index contributed by atoms with van der Waals surface area (Å²) in [7, 11) is 0. The first-order chi connectivity index (χ1) is 6.84. The zero-order valence-electron chi connectivity index (χ0n) is 7.62. The average molecular weight is 282 g/mol. The number of aliphatic carboxylic acids is 1. The Morgan fingerprint density at radius 3 is 2.47 bits per heavy atom. The van der Waals surface area contributed by atoms with Gasteiger partial charge in [-0.3, -0.25) is 10.1 Å². The van der Waals surface area contributed by atoms with E-state index >= 15 is 0 Å². The maximum atomic E-state index is 10.9. The van der Waals surface area contributed by atoms with E-state index in [-0.39, 0.29) is 0 Å². The summed E-state index contributed by atoms with van der Waals surface area (Å²) in [5, 5.41) is 18.4. The van der Waals surface area contributed by atoms with Crippen LogP contribution in [0.25, 0.3) is 0 Å². The predicted octanol–water partition coefficient (Wildman–Crippen LogP) is 0.557. The van der Waals surface area contributed by atoms with Gasteiger partial charge in [-0.1, -0.05) is 0 Å². The van der Waals surface area contributed by atoms with Gasteiger partial charge in [0, 0.05) is 33.0 Å². The summed E-state index contributed by atoms with van der Waals surface area (Å²) >= 11 is 2.70. The van der Waals surface area contributed by atoms with Crippen molar-refractivity contribution in [3.05, 3.63) is 22.3 Å².